The van der Waals surface area contributed by atoms with Gasteiger partial charge in [0.25, 0.3) is 5.91 Å². The van der Waals surface area contributed by atoms with E-state index in [1.807, 2.05) is 11.0 Å². The highest BCUT2D eigenvalue weighted by atomic mass is 79.9. The summed E-state index contributed by atoms with van der Waals surface area (Å²) in [4.78, 5) is 18.0. The highest BCUT2D eigenvalue weighted by Crippen LogP contribution is 2.20. The van der Waals surface area contributed by atoms with Crippen LogP contribution < -0.4 is 0 Å². The second-order valence-corrected chi connectivity index (χ2v) is 4.80. The average molecular weight is 269 g/mol. The van der Waals surface area contributed by atoms with E-state index in [0.29, 0.717) is 11.6 Å². The summed E-state index contributed by atoms with van der Waals surface area (Å²) in [5, 5.41) is 0. The molecule has 3 nitrogen and oxygen atoms in total. The van der Waals surface area contributed by atoms with Crippen LogP contribution in [0.15, 0.2) is 22.9 Å². The predicted octanol–water partition coefficient (Wildman–Crippen LogP) is 2.47. The molecule has 1 fully saturated rings. The van der Waals surface area contributed by atoms with Crippen molar-refractivity contribution in [2.45, 2.75) is 25.8 Å². The van der Waals surface area contributed by atoms with Gasteiger partial charge in [0.1, 0.15) is 0 Å². The first-order valence-electron chi connectivity index (χ1n) is 5.10. The Morgan fingerprint density at radius 1 is 1.60 bits per heavy atom. The molecule has 0 N–H and O–H groups in total. The molecule has 1 aromatic heterocycles. The van der Waals surface area contributed by atoms with Crippen LogP contribution in [-0.4, -0.2) is 28.4 Å². The highest BCUT2D eigenvalue weighted by Gasteiger charge is 2.25. The Kier molecular flexibility index (Phi) is 3.05. The monoisotopic (exact) mass is 268 g/mol. The Balaban J connectivity index is 2.20. The molecule has 0 spiro atoms. The topological polar surface area (TPSA) is 33.2 Å². The Morgan fingerprint density at radius 3 is 3.00 bits per heavy atom. The molecule has 2 rings (SSSR count). The lowest BCUT2D eigenvalue weighted by Gasteiger charge is -2.21. The minimum absolute atomic E-state index is 0.0915. The summed E-state index contributed by atoms with van der Waals surface area (Å²) in [6, 6.07) is 2.18. The molecule has 1 aliphatic heterocycles. The van der Waals surface area contributed by atoms with Crippen LogP contribution in [0.1, 0.15) is 30.1 Å². The number of likely N-dealkylation sites (tertiary alicyclic amines) is 1. The van der Waals surface area contributed by atoms with Crippen molar-refractivity contribution in [2.75, 3.05) is 6.54 Å². The van der Waals surface area contributed by atoms with Gasteiger partial charge in [-0.1, -0.05) is 0 Å². The summed E-state index contributed by atoms with van der Waals surface area (Å²) in [7, 11) is 0. The van der Waals surface area contributed by atoms with Crippen molar-refractivity contribution in [3.8, 4) is 0 Å². The van der Waals surface area contributed by atoms with E-state index in [-0.39, 0.29) is 5.91 Å². The molecule has 1 amide bonds. The van der Waals surface area contributed by atoms with E-state index in [4.69, 9.17) is 0 Å². The molecule has 2 heterocycles. The molecule has 0 saturated carbocycles. The molecule has 0 radical (unpaired) electrons. The molecule has 0 aromatic carbocycles. The molecule has 1 saturated heterocycles. The molecule has 1 aliphatic rings. The molecule has 4 heteroatoms. The van der Waals surface area contributed by atoms with E-state index in [9.17, 15) is 4.79 Å². The Bertz CT molecular complexity index is 381. The van der Waals surface area contributed by atoms with Crippen LogP contribution in [0.3, 0.4) is 0 Å². The number of rotatable bonds is 1. The van der Waals surface area contributed by atoms with Gasteiger partial charge in [-0.3, -0.25) is 9.78 Å². The van der Waals surface area contributed by atoms with Gasteiger partial charge in [-0.2, -0.15) is 0 Å². The van der Waals surface area contributed by atoms with Crippen LogP contribution in [0.4, 0.5) is 0 Å². The molecule has 1 aromatic rings. The number of nitrogens with zero attached hydrogens (tertiary/aromatic N) is 2. The smallest absolute Gasteiger partial charge is 0.255 e. The Morgan fingerprint density at radius 2 is 2.40 bits per heavy atom. The van der Waals surface area contributed by atoms with E-state index in [0.717, 1.165) is 23.9 Å². The van der Waals surface area contributed by atoms with Crippen molar-refractivity contribution in [1.29, 1.82) is 0 Å². The third-order valence-electron chi connectivity index (χ3n) is 2.77. The molecular weight excluding hydrogens is 256 g/mol. The van der Waals surface area contributed by atoms with Gasteiger partial charge in [0.2, 0.25) is 0 Å². The van der Waals surface area contributed by atoms with E-state index in [1.54, 1.807) is 12.4 Å². The SMILES string of the molecule is CC1CCCN1C(=O)c1cncc(Br)c1. The first kappa shape index (κ1) is 10.6. The maximum absolute atomic E-state index is 12.1. The fourth-order valence-electron chi connectivity index (χ4n) is 1.93. The Hall–Kier alpha value is -0.900. The van der Waals surface area contributed by atoms with Gasteiger partial charge in [0.15, 0.2) is 0 Å². The van der Waals surface area contributed by atoms with Crippen LogP contribution in [0.5, 0.6) is 0 Å². The van der Waals surface area contributed by atoms with Crippen molar-refractivity contribution in [3.63, 3.8) is 0 Å². The molecule has 1 unspecified atom stereocenters. The lowest BCUT2D eigenvalue weighted by atomic mass is 10.2. The second-order valence-electron chi connectivity index (χ2n) is 3.88. The van der Waals surface area contributed by atoms with E-state index >= 15 is 0 Å². The largest absolute Gasteiger partial charge is 0.336 e. The van der Waals surface area contributed by atoms with Gasteiger partial charge in [0.05, 0.1) is 5.56 Å². The summed E-state index contributed by atoms with van der Waals surface area (Å²) < 4.78 is 0.847. The zero-order valence-electron chi connectivity index (χ0n) is 8.61. The third-order valence-corrected chi connectivity index (χ3v) is 3.20. The number of amides is 1. The number of halogens is 1. The summed E-state index contributed by atoms with van der Waals surface area (Å²) >= 11 is 3.32. The number of hydrogen-bond acceptors (Lipinski definition) is 2. The minimum atomic E-state index is 0.0915. The molecule has 0 bridgehead atoms. The predicted molar refractivity (Wildman–Crippen MR) is 61.7 cm³/mol. The van der Waals surface area contributed by atoms with E-state index in [1.165, 1.54) is 0 Å². The van der Waals surface area contributed by atoms with E-state index in [2.05, 4.69) is 27.8 Å². The van der Waals surface area contributed by atoms with Crippen LogP contribution in [0.2, 0.25) is 0 Å². The Labute approximate surface area is 97.6 Å². The van der Waals surface area contributed by atoms with Gasteiger partial charge < -0.3 is 4.90 Å². The van der Waals surface area contributed by atoms with Gasteiger partial charge in [0, 0.05) is 29.5 Å². The zero-order valence-corrected chi connectivity index (χ0v) is 10.2. The van der Waals surface area contributed by atoms with Crippen LogP contribution >= 0.6 is 15.9 Å². The van der Waals surface area contributed by atoms with Crippen molar-refractivity contribution in [2.24, 2.45) is 0 Å². The maximum atomic E-state index is 12.1. The molecule has 0 aliphatic carbocycles. The minimum Gasteiger partial charge on any atom is -0.336 e. The number of carbonyl (C=O) groups excluding carboxylic acids is 1. The zero-order chi connectivity index (χ0) is 10.8. The van der Waals surface area contributed by atoms with Gasteiger partial charge in [-0.05, 0) is 41.8 Å². The number of pyridine rings is 1. The third kappa shape index (κ3) is 2.20. The van der Waals surface area contributed by atoms with Gasteiger partial charge in [-0.15, -0.1) is 0 Å². The first-order chi connectivity index (χ1) is 7.18. The lowest BCUT2D eigenvalue weighted by molar-refractivity contribution is 0.0747. The van der Waals surface area contributed by atoms with Crippen LogP contribution in [0, 0.1) is 0 Å². The van der Waals surface area contributed by atoms with Crippen molar-refractivity contribution in [1.82, 2.24) is 9.88 Å². The second kappa shape index (κ2) is 4.31. The number of aromatic nitrogens is 1. The molecular formula is C11H13BrN2O. The van der Waals surface area contributed by atoms with Gasteiger partial charge >= 0.3 is 0 Å². The molecule has 80 valence electrons. The number of carbonyl (C=O) groups is 1. The van der Waals surface area contributed by atoms with Crippen molar-refractivity contribution in [3.05, 3.63) is 28.5 Å². The highest BCUT2D eigenvalue weighted by molar-refractivity contribution is 9.10. The maximum Gasteiger partial charge on any atom is 0.255 e. The molecule has 15 heavy (non-hydrogen) atoms. The van der Waals surface area contributed by atoms with Crippen LogP contribution in [-0.2, 0) is 0 Å². The van der Waals surface area contributed by atoms with Crippen molar-refractivity contribution < 1.29 is 4.79 Å². The summed E-state index contributed by atoms with van der Waals surface area (Å²) in [5.74, 6) is 0.0915. The standard InChI is InChI=1S/C11H13BrN2O/c1-8-3-2-4-14(8)11(15)9-5-10(12)7-13-6-9/h5-8H,2-4H2,1H3. The van der Waals surface area contributed by atoms with Crippen LogP contribution in [0.25, 0.3) is 0 Å². The average Bonchev–Trinajstić information content (AvgIpc) is 2.63. The summed E-state index contributed by atoms with van der Waals surface area (Å²) in [5.41, 5.74) is 0.665. The normalized spacial score (nSPS) is 20.7. The van der Waals surface area contributed by atoms with E-state index < -0.39 is 0 Å². The van der Waals surface area contributed by atoms with Crippen molar-refractivity contribution >= 4 is 21.8 Å². The van der Waals surface area contributed by atoms with Gasteiger partial charge in [-0.25, -0.2) is 0 Å². The fourth-order valence-corrected chi connectivity index (χ4v) is 2.29. The lowest BCUT2D eigenvalue weighted by Crippen LogP contribution is -2.33. The summed E-state index contributed by atoms with van der Waals surface area (Å²) in [6.45, 7) is 2.96. The number of hydrogen-bond donors (Lipinski definition) is 0. The quantitative estimate of drug-likeness (QED) is 0.784. The first-order valence-corrected chi connectivity index (χ1v) is 5.89. The summed E-state index contributed by atoms with van der Waals surface area (Å²) in [6.07, 6.45) is 5.52. The molecule has 1 atom stereocenters. The fraction of sp³-hybridized carbons (Fsp3) is 0.455.